The minimum absolute atomic E-state index is 0.0169. The number of thiophene rings is 1. The largest absolute Gasteiger partial charge is 0.458 e. The molecule has 2 aromatic carbocycles. The molecule has 0 aliphatic heterocycles. The molecule has 3 heterocycles. The van der Waals surface area contributed by atoms with Crippen molar-refractivity contribution < 1.29 is 18.7 Å². The monoisotopic (exact) mass is 492 g/mol. The van der Waals surface area contributed by atoms with Crippen LogP contribution in [0.2, 0.25) is 0 Å². The molecule has 6 nitrogen and oxygen atoms in total. The zero-order valence-electron chi connectivity index (χ0n) is 19.1. The summed E-state index contributed by atoms with van der Waals surface area (Å²) in [5.41, 5.74) is 2.55. The van der Waals surface area contributed by atoms with Gasteiger partial charge in [0.1, 0.15) is 29.6 Å². The maximum absolute atomic E-state index is 13.0. The zero-order valence-corrected chi connectivity index (χ0v) is 19.9. The van der Waals surface area contributed by atoms with E-state index in [1.165, 1.54) is 17.4 Å². The van der Waals surface area contributed by atoms with Gasteiger partial charge in [-0.2, -0.15) is 5.26 Å². The van der Waals surface area contributed by atoms with Crippen LogP contribution in [0.4, 0.5) is 0 Å². The van der Waals surface area contributed by atoms with Gasteiger partial charge in [-0.05, 0) is 29.6 Å². The van der Waals surface area contributed by atoms with Gasteiger partial charge in [0.25, 0.3) is 0 Å². The van der Waals surface area contributed by atoms with Crippen LogP contribution in [0, 0.1) is 11.3 Å². The van der Waals surface area contributed by atoms with E-state index in [2.05, 4.69) is 17.6 Å². The molecule has 176 valence electrons. The van der Waals surface area contributed by atoms with Gasteiger partial charge in [0.2, 0.25) is 12.0 Å². The van der Waals surface area contributed by atoms with Crippen LogP contribution in [0.1, 0.15) is 17.2 Å². The lowest BCUT2D eigenvalue weighted by molar-refractivity contribution is -0.151. The number of carbonyl (C=O) groups is 1. The van der Waals surface area contributed by atoms with Crippen molar-refractivity contribution in [2.75, 3.05) is 6.61 Å². The van der Waals surface area contributed by atoms with Crippen LogP contribution in [-0.2, 0) is 9.53 Å². The number of fused-ring (bicyclic) bond motifs is 1. The summed E-state index contributed by atoms with van der Waals surface area (Å²) in [6.45, 7) is 3.63. The molecule has 0 saturated heterocycles. The van der Waals surface area contributed by atoms with Crippen molar-refractivity contribution in [1.29, 1.82) is 5.26 Å². The summed E-state index contributed by atoms with van der Waals surface area (Å²) in [4.78, 5) is 18.5. The highest BCUT2D eigenvalue weighted by Gasteiger charge is 2.28. The lowest BCUT2D eigenvalue weighted by Gasteiger charge is -2.19. The van der Waals surface area contributed by atoms with Gasteiger partial charge in [0.05, 0.1) is 10.6 Å². The fourth-order valence-electron chi connectivity index (χ4n) is 3.78. The van der Waals surface area contributed by atoms with Crippen molar-refractivity contribution in [3.63, 3.8) is 0 Å². The minimum Gasteiger partial charge on any atom is -0.458 e. The van der Waals surface area contributed by atoms with E-state index in [-0.39, 0.29) is 18.1 Å². The second kappa shape index (κ2) is 10.3. The number of aromatic nitrogens is 1. The summed E-state index contributed by atoms with van der Waals surface area (Å²) in [5.74, 6) is -0.0924. The van der Waals surface area contributed by atoms with E-state index in [9.17, 15) is 10.1 Å². The first-order valence-corrected chi connectivity index (χ1v) is 12.0. The number of nitrogens with zero attached hydrogens (tertiary/aromatic N) is 2. The summed E-state index contributed by atoms with van der Waals surface area (Å²) in [7, 11) is 0. The molecule has 1 unspecified atom stereocenters. The van der Waals surface area contributed by atoms with E-state index in [1.54, 1.807) is 24.3 Å². The van der Waals surface area contributed by atoms with Crippen molar-refractivity contribution in [3.05, 3.63) is 108 Å². The molecule has 0 aliphatic rings. The molecule has 0 spiro atoms. The van der Waals surface area contributed by atoms with Gasteiger partial charge in [0, 0.05) is 16.5 Å². The first-order chi connectivity index (χ1) is 17.7. The van der Waals surface area contributed by atoms with Crippen molar-refractivity contribution in [3.8, 4) is 33.8 Å². The molecule has 5 rings (SSSR count). The molecular formula is C29H20N2O4S. The third-order valence-corrected chi connectivity index (χ3v) is 6.34. The Hall–Kier alpha value is -4.67. The number of furan rings is 1. The second-order valence-electron chi connectivity index (χ2n) is 7.80. The zero-order chi connectivity index (χ0) is 24.9. The Morgan fingerprint density at radius 3 is 2.64 bits per heavy atom. The smallest absolute Gasteiger partial charge is 0.352 e. The molecule has 3 aromatic heterocycles. The Labute approximate surface area is 211 Å². The molecule has 0 radical (unpaired) electrons. The fourth-order valence-corrected chi connectivity index (χ4v) is 4.47. The van der Waals surface area contributed by atoms with Crippen LogP contribution < -0.4 is 4.74 Å². The summed E-state index contributed by atoms with van der Waals surface area (Å²) in [6.07, 6.45) is 0.351. The number of nitriles is 1. The van der Waals surface area contributed by atoms with E-state index in [0.29, 0.717) is 28.2 Å². The SMILES string of the molecule is C=CCOC(=O)C(Oc1nc(-c2cccs2)cc(-c2cc3ccccc3o2)c1C#N)c1ccccc1. The maximum atomic E-state index is 13.0. The molecule has 0 aliphatic carbocycles. The minimum atomic E-state index is -1.13. The Bertz CT molecular complexity index is 1530. The predicted molar refractivity (Wildman–Crippen MR) is 138 cm³/mol. The van der Waals surface area contributed by atoms with Crippen LogP contribution >= 0.6 is 11.3 Å². The number of para-hydroxylation sites is 1. The number of rotatable bonds is 8. The molecule has 7 heteroatoms. The van der Waals surface area contributed by atoms with Gasteiger partial charge in [-0.3, -0.25) is 0 Å². The molecule has 1 atom stereocenters. The predicted octanol–water partition coefficient (Wildman–Crippen LogP) is 6.94. The number of hydrogen-bond acceptors (Lipinski definition) is 7. The van der Waals surface area contributed by atoms with Crippen molar-refractivity contribution in [2.45, 2.75) is 6.10 Å². The molecule has 0 saturated carbocycles. The van der Waals surface area contributed by atoms with Crippen molar-refractivity contribution in [2.24, 2.45) is 0 Å². The van der Waals surface area contributed by atoms with Crippen LogP contribution in [0.25, 0.3) is 32.9 Å². The van der Waals surface area contributed by atoms with Crippen LogP contribution in [0.15, 0.2) is 101 Å². The van der Waals surface area contributed by atoms with Gasteiger partial charge < -0.3 is 13.9 Å². The number of ether oxygens (including phenoxy) is 2. The summed E-state index contributed by atoms with van der Waals surface area (Å²) < 4.78 is 17.6. The van der Waals surface area contributed by atoms with E-state index in [4.69, 9.17) is 13.9 Å². The molecular weight excluding hydrogens is 472 g/mol. The first kappa shape index (κ1) is 23.1. The highest BCUT2D eigenvalue weighted by atomic mass is 32.1. The van der Waals surface area contributed by atoms with Crippen molar-refractivity contribution in [1.82, 2.24) is 4.98 Å². The molecule has 0 amide bonds. The lowest BCUT2D eigenvalue weighted by Crippen LogP contribution is -2.22. The normalized spacial score (nSPS) is 11.5. The number of carbonyl (C=O) groups excluding carboxylic acids is 1. The quantitative estimate of drug-likeness (QED) is 0.172. The third kappa shape index (κ3) is 4.63. The molecule has 0 fully saturated rings. The van der Waals surface area contributed by atoms with Gasteiger partial charge >= 0.3 is 5.97 Å². The van der Waals surface area contributed by atoms with Gasteiger partial charge in [-0.25, -0.2) is 9.78 Å². The highest BCUT2D eigenvalue weighted by molar-refractivity contribution is 7.13. The molecule has 0 N–H and O–H groups in total. The van der Waals surface area contributed by atoms with Gasteiger partial charge in [-0.15, -0.1) is 11.3 Å². The fraction of sp³-hybridized carbons (Fsp3) is 0.0690. The third-order valence-electron chi connectivity index (χ3n) is 5.45. The van der Waals surface area contributed by atoms with Gasteiger partial charge in [0.15, 0.2) is 0 Å². The Morgan fingerprint density at radius 1 is 1.11 bits per heavy atom. The first-order valence-electron chi connectivity index (χ1n) is 11.1. The van der Waals surface area contributed by atoms with Crippen molar-refractivity contribution >= 4 is 28.3 Å². The summed E-state index contributed by atoms with van der Waals surface area (Å²) in [6, 6.07) is 26.3. The number of hydrogen-bond donors (Lipinski definition) is 0. The molecule has 0 bridgehead atoms. The average Bonchev–Trinajstić information content (AvgIpc) is 3.61. The highest BCUT2D eigenvalue weighted by Crippen LogP contribution is 2.38. The molecule has 36 heavy (non-hydrogen) atoms. The number of pyridine rings is 1. The van der Waals surface area contributed by atoms with E-state index in [1.807, 2.05) is 60.0 Å². The maximum Gasteiger partial charge on any atom is 0.352 e. The van der Waals surface area contributed by atoms with E-state index >= 15 is 0 Å². The summed E-state index contributed by atoms with van der Waals surface area (Å²) >= 11 is 1.51. The lowest BCUT2D eigenvalue weighted by atomic mass is 10.1. The Morgan fingerprint density at radius 2 is 1.92 bits per heavy atom. The van der Waals surface area contributed by atoms with Crippen LogP contribution in [0.5, 0.6) is 5.88 Å². The second-order valence-corrected chi connectivity index (χ2v) is 8.75. The van der Waals surface area contributed by atoms with Crippen LogP contribution in [-0.4, -0.2) is 17.6 Å². The topological polar surface area (TPSA) is 85.3 Å². The van der Waals surface area contributed by atoms with Gasteiger partial charge in [-0.1, -0.05) is 67.3 Å². The van der Waals surface area contributed by atoms with E-state index in [0.717, 1.165) is 10.3 Å². The Balaban J connectivity index is 1.67. The molecule has 5 aromatic rings. The number of benzene rings is 2. The standard InChI is InChI=1S/C29H20N2O4S/c1-2-14-33-29(32)27(19-9-4-3-5-10-19)35-28-22(18-30)21(17-23(31-28)26-13-8-15-36-26)25-16-20-11-6-7-12-24(20)34-25/h2-13,15-17,27H,1,14H2. The van der Waals surface area contributed by atoms with Crippen LogP contribution in [0.3, 0.4) is 0 Å². The number of esters is 1. The average molecular weight is 493 g/mol. The Kier molecular flexibility index (Phi) is 6.61. The summed E-state index contributed by atoms with van der Waals surface area (Å²) in [5, 5.41) is 13.0. The van der Waals surface area contributed by atoms with E-state index < -0.39 is 12.1 Å².